The second-order valence-electron chi connectivity index (χ2n) is 8.32. The summed E-state index contributed by atoms with van der Waals surface area (Å²) in [6, 6.07) is 14.4. The van der Waals surface area contributed by atoms with Crippen molar-refractivity contribution in [1.82, 2.24) is 24.9 Å². The Balaban J connectivity index is 1.67. The number of pyridine rings is 1. The molecule has 2 N–H and O–H groups in total. The quantitative estimate of drug-likeness (QED) is 0.485. The molecule has 1 aliphatic rings. The minimum absolute atomic E-state index is 0.191. The van der Waals surface area contributed by atoms with Crippen molar-refractivity contribution in [2.75, 3.05) is 13.2 Å². The molecule has 0 spiro atoms. The zero-order valence-electron chi connectivity index (χ0n) is 18.7. The topological polar surface area (TPSA) is 125 Å². The number of aromatic nitrogens is 4. The van der Waals surface area contributed by atoms with Crippen LogP contribution in [-0.4, -0.2) is 56.0 Å². The molecule has 4 aromatic rings. The predicted octanol–water partition coefficient (Wildman–Crippen LogP) is 2.44. The number of fused-ring (bicyclic) bond motifs is 1. The number of carbonyl (C=O) groups excluding carboxylic acids is 1. The van der Waals surface area contributed by atoms with Crippen molar-refractivity contribution in [2.24, 2.45) is 0 Å². The van der Waals surface area contributed by atoms with Gasteiger partial charge in [0.2, 0.25) is 0 Å². The number of rotatable bonds is 4. The summed E-state index contributed by atoms with van der Waals surface area (Å²) < 4.78 is 6.84. The molecule has 1 saturated heterocycles. The van der Waals surface area contributed by atoms with Crippen LogP contribution in [0.25, 0.3) is 28.0 Å². The summed E-state index contributed by atoms with van der Waals surface area (Å²) in [5.74, 6) is -0.403. The van der Waals surface area contributed by atoms with E-state index in [4.69, 9.17) is 9.84 Å². The lowest BCUT2D eigenvalue weighted by Crippen LogP contribution is -2.42. The van der Waals surface area contributed by atoms with E-state index in [-0.39, 0.29) is 18.9 Å². The number of aliphatic hydroxyl groups is 1. The minimum atomic E-state index is -0.750. The van der Waals surface area contributed by atoms with Gasteiger partial charge < -0.3 is 15.2 Å². The first-order chi connectivity index (χ1) is 16.4. The fourth-order valence-electron chi connectivity index (χ4n) is 4.16. The van der Waals surface area contributed by atoms with Gasteiger partial charge in [0.05, 0.1) is 42.6 Å². The Labute approximate surface area is 195 Å². The fourth-order valence-corrected chi connectivity index (χ4v) is 4.16. The van der Waals surface area contributed by atoms with E-state index in [0.29, 0.717) is 16.9 Å². The van der Waals surface area contributed by atoms with Crippen LogP contribution in [0.1, 0.15) is 27.4 Å². The second-order valence-corrected chi connectivity index (χ2v) is 8.32. The van der Waals surface area contributed by atoms with Crippen LogP contribution in [0, 0.1) is 25.2 Å². The van der Waals surface area contributed by atoms with Crippen LogP contribution in [-0.2, 0) is 4.74 Å². The molecule has 9 nitrogen and oxygen atoms in total. The van der Waals surface area contributed by atoms with Crippen molar-refractivity contribution in [3.05, 3.63) is 71.3 Å². The lowest BCUT2D eigenvalue weighted by atomic mass is 9.99. The Morgan fingerprint density at radius 1 is 1.15 bits per heavy atom. The summed E-state index contributed by atoms with van der Waals surface area (Å²) in [5, 5.41) is 26.9. The smallest absolute Gasteiger partial charge is 0.270 e. The Kier molecular flexibility index (Phi) is 5.53. The van der Waals surface area contributed by atoms with Gasteiger partial charge in [0.1, 0.15) is 11.4 Å². The number of aliphatic hydroxyl groups excluding tert-OH is 1. The number of nitrogens with zero attached hydrogens (tertiary/aromatic N) is 5. The van der Waals surface area contributed by atoms with Gasteiger partial charge in [-0.1, -0.05) is 12.1 Å². The first-order valence-electron chi connectivity index (χ1n) is 10.8. The highest BCUT2D eigenvalue weighted by Gasteiger charge is 2.28. The zero-order chi connectivity index (χ0) is 23.8. The van der Waals surface area contributed by atoms with Crippen molar-refractivity contribution >= 4 is 11.6 Å². The molecule has 170 valence electrons. The molecule has 3 aromatic heterocycles. The van der Waals surface area contributed by atoms with Gasteiger partial charge in [-0.15, -0.1) is 0 Å². The van der Waals surface area contributed by atoms with Crippen LogP contribution in [0.4, 0.5) is 0 Å². The molecule has 4 heterocycles. The van der Waals surface area contributed by atoms with Crippen LogP contribution in [0.3, 0.4) is 0 Å². The molecule has 1 aliphatic heterocycles. The van der Waals surface area contributed by atoms with Crippen molar-refractivity contribution in [3.8, 4) is 28.5 Å². The van der Waals surface area contributed by atoms with E-state index < -0.39 is 18.1 Å². The SMILES string of the molecule is Cc1cc(-c2c(-c3cccc(C#N)c3)nn3ccc(C(=O)N[C@H]4COC[C@H]4O)nc23)cc(C)n1. The summed E-state index contributed by atoms with van der Waals surface area (Å²) >= 11 is 0. The van der Waals surface area contributed by atoms with Gasteiger partial charge in [-0.3, -0.25) is 9.78 Å². The first kappa shape index (κ1) is 21.7. The number of aryl methyl sites for hydroxylation is 2. The highest BCUT2D eigenvalue weighted by molar-refractivity contribution is 5.95. The van der Waals surface area contributed by atoms with Crippen LogP contribution in [0.15, 0.2) is 48.7 Å². The summed E-state index contributed by atoms with van der Waals surface area (Å²) in [6.45, 7) is 4.27. The summed E-state index contributed by atoms with van der Waals surface area (Å²) in [5.41, 5.74) is 5.92. The summed E-state index contributed by atoms with van der Waals surface area (Å²) in [7, 11) is 0. The molecule has 34 heavy (non-hydrogen) atoms. The van der Waals surface area contributed by atoms with Gasteiger partial charge in [0.15, 0.2) is 5.65 Å². The maximum absolute atomic E-state index is 12.9. The molecular formula is C25H22N6O3. The molecule has 0 saturated carbocycles. The molecule has 0 aliphatic carbocycles. The molecule has 0 bridgehead atoms. The van der Waals surface area contributed by atoms with Gasteiger partial charge in [0, 0.05) is 23.1 Å². The van der Waals surface area contributed by atoms with Crippen molar-refractivity contribution in [3.63, 3.8) is 0 Å². The number of nitrogens with one attached hydrogen (secondary N) is 1. The molecule has 2 atom stereocenters. The van der Waals surface area contributed by atoms with E-state index in [1.807, 2.05) is 38.1 Å². The third-order valence-corrected chi connectivity index (χ3v) is 5.72. The predicted molar refractivity (Wildman–Crippen MR) is 124 cm³/mol. The van der Waals surface area contributed by atoms with Gasteiger partial charge >= 0.3 is 0 Å². The van der Waals surface area contributed by atoms with E-state index in [9.17, 15) is 15.2 Å². The lowest BCUT2D eigenvalue weighted by molar-refractivity contribution is 0.0881. The average molecular weight is 454 g/mol. The van der Waals surface area contributed by atoms with E-state index in [2.05, 4.69) is 21.4 Å². The van der Waals surface area contributed by atoms with Crippen LogP contribution < -0.4 is 5.32 Å². The summed E-state index contributed by atoms with van der Waals surface area (Å²) in [6.07, 6.45) is 0.931. The second kappa shape index (κ2) is 8.67. The fraction of sp³-hybridized carbons (Fsp3) is 0.240. The number of amides is 1. The van der Waals surface area contributed by atoms with Crippen molar-refractivity contribution < 1.29 is 14.6 Å². The number of hydrogen-bond acceptors (Lipinski definition) is 7. The molecule has 1 amide bonds. The van der Waals surface area contributed by atoms with Crippen LogP contribution in [0.2, 0.25) is 0 Å². The van der Waals surface area contributed by atoms with Crippen molar-refractivity contribution in [1.29, 1.82) is 5.26 Å². The van der Waals surface area contributed by atoms with Gasteiger partial charge in [-0.05, 0) is 49.7 Å². The maximum atomic E-state index is 12.9. The van der Waals surface area contributed by atoms with Gasteiger partial charge in [0.25, 0.3) is 5.91 Å². The van der Waals surface area contributed by atoms with Crippen molar-refractivity contribution in [2.45, 2.75) is 26.0 Å². The third kappa shape index (κ3) is 4.01. The van der Waals surface area contributed by atoms with Crippen LogP contribution >= 0.6 is 0 Å². The van der Waals surface area contributed by atoms with E-state index in [0.717, 1.165) is 28.1 Å². The Morgan fingerprint density at radius 3 is 2.65 bits per heavy atom. The first-order valence-corrected chi connectivity index (χ1v) is 10.8. The molecule has 0 radical (unpaired) electrons. The number of benzene rings is 1. The highest BCUT2D eigenvalue weighted by Crippen LogP contribution is 2.35. The molecule has 0 unspecified atom stereocenters. The Bertz CT molecular complexity index is 1430. The Morgan fingerprint density at radius 2 is 1.94 bits per heavy atom. The molecule has 1 fully saturated rings. The number of carbonyl (C=O) groups is 1. The zero-order valence-corrected chi connectivity index (χ0v) is 18.7. The largest absolute Gasteiger partial charge is 0.388 e. The molecule has 9 heteroatoms. The van der Waals surface area contributed by atoms with E-state index >= 15 is 0 Å². The number of hydrogen-bond donors (Lipinski definition) is 2. The van der Waals surface area contributed by atoms with E-state index in [1.165, 1.54) is 0 Å². The van der Waals surface area contributed by atoms with Gasteiger partial charge in [-0.2, -0.15) is 10.4 Å². The maximum Gasteiger partial charge on any atom is 0.270 e. The summed E-state index contributed by atoms with van der Waals surface area (Å²) in [4.78, 5) is 22.0. The van der Waals surface area contributed by atoms with E-state index in [1.54, 1.807) is 28.9 Å². The molecular weight excluding hydrogens is 432 g/mol. The molecule has 5 rings (SSSR count). The monoisotopic (exact) mass is 454 g/mol. The average Bonchev–Trinajstić information content (AvgIpc) is 3.41. The minimum Gasteiger partial charge on any atom is -0.388 e. The normalized spacial score (nSPS) is 17.6. The lowest BCUT2D eigenvalue weighted by Gasteiger charge is -2.14. The molecule has 1 aromatic carbocycles. The van der Waals surface area contributed by atoms with Crippen LogP contribution in [0.5, 0.6) is 0 Å². The Hall–Kier alpha value is -4.13. The standard InChI is InChI=1S/C25H22N6O3/c1-14-8-18(9-15(2)27-14)22-23(17-5-3-4-16(10-17)11-26)30-31-7-6-19(28-24(22)31)25(33)29-20-12-34-13-21(20)32/h3-10,20-21,32H,12-13H2,1-2H3,(H,29,33)/t20-,21+/m0/s1. The van der Waals surface area contributed by atoms with Gasteiger partial charge in [-0.25, -0.2) is 9.50 Å². The highest BCUT2D eigenvalue weighted by atomic mass is 16.5. The number of nitriles is 1. The number of ether oxygens (including phenoxy) is 1. The third-order valence-electron chi connectivity index (χ3n) is 5.72.